The second-order valence-electron chi connectivity index (χ2n) is 2.75. The Morgan fingerprint density at radius 3 is 2.86 bits per heavy atom. The Morgan fingerprint density at radius 1 is 1.29 bits per heavy atom. The van der Waals surface area contributed by atoms with Crippen molar-refractivity contribution in [1.82, 2.24) is 0 Å². The van der Waals surface area contributed by atoms with E-state index in [4.69, 9.17) is 9.47 Å². The maximum atomic E-state index is 11.4. The molecule has 70 valence electrons. The number of esters is 1. The topological polar surface area (TPSA) is 35.5 Å². The van der Waals surface area contributed by atoms with Crippen molar-refractivity contribution in [1.29, 1.82) is 0 Å². The molecule has 1 aliphatic heterocycles. The Bertz CT molecular complexity index is 426. The lowest BCUT2D eigenvalue weighted by atomic mass is 10.2. The number of cyclic esters (lactones) is 1. The van der Waals surface area contributed by atoms with Crippen LogP contribution in [0.1, 0.15) is 17.3 Å². The molecule has 3 heteroatoms. The summed E-state index contributed by atoms with van der Waals surface area (Å²) in [4.78, 5) is 11.4. The van der Waals surface area contributed by atoms with Gasteiger partial charge in [-0.05, 0) is 25.0 Å². The van der Waals surface area contributed by atoms with Crippen LogP contribution in [0.3, 0.4) is 0 Å². The van der Waals surface area contributed by atoms with Crippen LogP contribution in [-0.2, 0) is 4.74 Å². The molecule has 14 heavy (non-hydrogen) atoms. The summed E-state index contributed by atoms with van der Waals surface area (Å²) in [6.07, 6.45) is -0.776. The predicted octanol–water partition coefficient (Wildman–Crippen LogP) is 1.59. The van der Waals surface area contributed by atoms with Crippen molar-refractivity contribution >= 4 is 5.97 Å². The summed E-state index contributed by atoms with van der Waals surface area (Å²) >= 11 is 0. The van der Waals surface area contributed by atoms with Crippen LogP contribution in [0.25, 0.3) is 0 Å². The monoisotopic (exact) mass is 188 g/mol. The summed E-state index contributed by atoms with van der Waals surface area (Å²) in [6.45, 7) is 1.66. The second kappa shape index (κ2) is 3.43. The van der Waals surface area contributed by atoms with Crippen molar-refractivity contribution in [3.8, 4) is 17.6 Å². The van der Waals surface area contributed by atoms with Gasteiger partial charge in [-0.3, -0.25) is 0 Å². The van der Waals surface area contributed by atoms with E-state index in [1.807, 2.05) is 0 Å². The minimum Gasteiger partial charge on any atom is -0.443 e. The van der Waals surface area contributed by atoms with Gasteiger partial charge in [0.2, 0.25) is 0 Å². The minimum atomic E-state index is -0.776. The Kier molecular flexibility index (Phi) is 2.11. The molecule has 1 heterocycles. The quantitative estimate of drug-likeness (QED) is 0.458. The molecule has 0 saturated carbocycles. The largest absolute Gasteiger partial charge is 0.443 e. The Hall–Kier alpha value is -1.95. The second-order valence-corrected chi connectivity index (χ2v) is 2.75. The number of hydrogen-bond donors (Lipinski definition) is 0. The standard InChI is InChI=1S/C11H8O3/c1-2-5-10-13-9-7-4-3-6-8(9)11(12)14-10/h3-4,6-7,10H,1H3. The Labute approximate surface area is 81.6 Å². The van der Waals surface area contributed by atoms with Crippen molar-refractivity contribution in [2.24, 2.45) is 0 Å². The first-order valence-corrected chi connectivity index (χ1v) is 4.20. The molecule has 0 aromatic heterocycles. The zero-order valence-corrected chi connectivity index (χ0v) is 7.61. The minimum absolute atomic E-state index is 0.389. The van der Waals surface area contributed by atoms with Crippen molar-refractivity contribution in [2.45, 2.75) is 13.2 Å². The average Bonchev–Trinajstić information content (AvgIpc) is 2.18. The number of hydrogen-bond acceptors (Lipinski definition) is 3. The van der Waals surface area contributed by atoms with E-state index in [1.54, 1.807) is 31.2 Å². The van der Waals surface area contributed by atoms with E-state index in [1.165, 1.54) is 0 Å². The number of carbonyl (C=O) groups excluding carboxylic acids is 1. The lowest BCUT2D eigenvalue weighted by Gasteiger charge is -2.21. The highest BCUT2D eigenvalue weighted by atomic mass is 16.7. The van der Waals surface area contributed by atoms with E-state index in [9.17, 15) is 4.79 Å². The molecule has 0 saturated heterocycles. The molecule has 0 fully saturated rings. The molecule has 1 aromatic carbocycles. The molecular weight excluding hydrogens is 180 g/mol. The first-order chi connectivity index (χ1) is 6.81. The lowest BCUT2D eigenvalue weighted by Crippen LogP contribution is -2.28. The molecule has 0 radical (unpaired) electrons. The molecule has 3 nitrogen and oxygen atoms in total. The van der Waals surface area contributed by atoms with Gasteiger partial charge in [0.05, 0.1) is 0 Å². The fourth-order valence-corrected chi connectivity index (χ4v) is 1.21. The van der Waals surface area contributed by atoms with E-state index in [-0.39, 0.29) is 5.97 Å². The molecule has 2 rings (SSSR count). The highest BCUT2D eigenvalue weighted by Crippen LogP contribution is 2.24. The summed E-state index contributed by atoms with van der Waals surface area (Å²) in [6, 6.07) is 6.94. The molecular formula is C11H8O3. The third-order valence-electron chi connectivity index (χ3n) is 1.82. The number of benzene rings is 1. The van der Waals surface area contributed by atoms with E-state index in [2.05, 4.69) is 11.8 Å². The zero-order valence-electron chi connectivity index (χ0n) is 7.61. The first-order valence-electron chi connectivity index (χ1n) is 4.20. The van der Waals surface area contributed by atoms with Gasteiger partial charge in [-0.2, -0.15) is 0 Å². The summed E-state index contributed by atoms with van der Waals surface area (Å²) in [7, 11) is 0. The SMILES string of the molecule is CC#CC1OC(=O)c2ccccc2O1. The molecule has 1 aliphatic rings. The summed E-state index contributed by atoms with van der Waals surface area (Å²) in [5, 5.41) is 0. The fraction of sp³-hybridized carbons (Fsp3) is 0.182. The molecule has 0 spiro atoms. The molecule has 0 bridgehead atoms. The number of ether oxygens (including phenoxy) is 2. The van der Waals surface area contributed by atoms with Crippen LogP contribution in [0.15, 0.2) is 24.3 Å². The summed E-state index contributed by atoms with van der Waals surface area (Å²) < 4.78 is 10.2. The maximum absolute atomic E-state index is 11.4. The zero-order chi connectivity index (χ0) is 9.97. The Morgan fingerprint density at radius 2 is 2.07 bits per heavy atom. The van der Waals surface area contributed by atoms with Crippen molar-refractivity contribution < 1.29 is 14.3 Å². The van der Waals surface area contributed by atoms with Crippen molar-refractivity contribution in [3.05, 3.63) is 29.8 Å². The van der Waals surface area contributed by atoms with Gasteiger partial charge >= 0.3 is 12.3 Å². The highest BCUT2D eigenvalue weighted by molar-refractivity contribution is 5.93. The smallest absolute Gasteiger partial charge is 0.345 e. The van der Waals surface area contributed by atoms with E-state index >= 15 is 0 Å². The molecule has 0 N–H and O–H groups in total. The fourth-order valence-electron chi connectivity index (χ4n) is 1.21. The Balaban J connectivity index is 2.36. The lowest BCUT2D eigenvalue weighted by molar-refractivity contribution is -0.0283. The molecule has 0 amide bonds. The van der Waals surface area contributed by atoms with E-state index in [0.717, 1.165) is 0 Å². The molecule has 1 aromatic rings. The summed E-state index contributed by atoms with van der Waals surface area (Å²) in [5.74, 6) is 5.41. The molecule has 0 aliphatic carbocycles. The van der Waals surface area contributed by atoms with Gasteiger partial charge in [0.25, 0.3) is 0 Å². The summed E-state index contributed by atoms with van der Waals surface area (Å²) in [5.41, 5.74) is 0.446. The van der Waals surface area contributed by atoms with Gasteiger partial charge in [0.1, 0.15) is 11.3 Å². The van der Waals surface area contributed by atoms with Gasteiger partial charge in [0.15, 0.2) is 0 Å². The maximum Gasteiger partial charge on any atom is 0.345 e. The van der Waals surface area contributed by atoms with Crippen LogP contribution >= 0.6 is 0 Å². The van der Waals surface area contributed by atoms with Crippen LogP contribution < -0.4 is 4.74 Å². The van der Waals surface area contributed by atoms with Crippen molar-refractivity contribution in [3.63, 3.8) is 0 Å². The van der Waals surface area contributed by atoms with E-state index < -0.39 is 6.29 Å². The number of para-hydroxylation sites is 1. The van der Waals surface area contributed by atoms with Crippen LogP contribution in [0.4, 0.5) is 0 Å². The number of fused-ring (bicyclic) bond motifs is 1. The third-order valence-corrected chi connectivity index (χ3v) is 1.82. The normalized spacial score (nSPS) is 18.4. The van der Waals surface area contributed by atoms with Crippen molar-refractivity contribution in [2.75, 3.05) is 0 Å². The van der Waals surface area contributed by atoms with Gasteiger partial charge < -0.3 is 9.47 Å². The molecule has 1 unspecified atom stereocenters. The predicted molar refractivity (Wildman–Crippen MR) is 49.7 cm³/mol. The van der Waals surface area contributed by atoms with Crippen LogP contribution in [-0.4, -0.2) is 12.3 Å². The first kappa shape index (κ1) is 8.64. The van der Waals surface area contributed by atoms with Crippen LogP contribution in [0, 0.1) is 11.8 Å². The number of carbonyl (C=O) groups is 1. The highest BCUT2D eigenvalue weighted by Gasteiger charge is 2.25. The van der Waals surface area contributed by atoms with Crippen LogP contribution in [0.2, 0.25) is 0 Å². The third kappa shape index (κ3) is 1.42. The average molecular weight is 188 g/mol. The molecule has 1 atom stereocenters. The number of rotatable bonds is 0. The van der Waals surface area contributed by atoms with Gasteiger partial charge in [-0.25, -0.2) is 4.79 Å². The van der Waals surface area contributed by atoms with Gasteiger partial charge in [0, 0.05) is 0 Å². The van der Waals surface area contributed by atoms with Gasteiger partial charge in [-0.1, -0.05) is 18.1 Å². The van der Waals surface area contributed by atoms with Crippen LogP contribution in [0.5, 0.6) is 5.75 Å². The van der Waals surface area contributed by atoms with E-state index in [0.29, 0.717) is 11.3 Å². The van der Waals surface area contributed by atoms with Gasteiger partial charge in [-0.15, -0.1) is 0 Å².